The molecule has 17 heavy (non-hydrogen) atoms. The fraction of sp³-hybridized carbons (Fsp3) is 0.267. The molecule has 0 aliphatic heterocycles. The van der Waals surface area contributed by atoms with Crippen molar-refractivity contribution in [1.29, 1.82) is 0 Å². The minimum absolute atomic E-state index is 0. The quantitative estimate of drug-likeness (QED) is 0.661. The van der Waals surface area contributed by atoms with Gasteiger partial charge in [0.15, 0.2) is 0 Å². The van der Waals surface area contributed by atoms with E-state index in [0.717, 1.165) is 11.3 Å². The van der Waals surface area contributed by atoms with Crippen LogP contribution in [0.15, 0.2) is 42.6 Å². The molecule has 0 atom stereocenters. The van der Waals surface area contributed by atoms with Crippen molar-refractivity contribution in [3.63, 3.8) is 0 Å². The smallest absolute Gasteiger partial charge is 0.0163 e. The number of pyridine rings is 1. The van der Waals surface area contributed by atoms with Crippen LogP contribution >= 0.6 is 0 Å². The first-order valence-corrected chi connectivity index (χ1v) is 5.51. The Morgan fingerprint density at radius 1 is 1.12 bits per heavy atom. The second-order valence-corrected chi connectivity index (χ2v) is 4.96. The van der Waals surface area contributed by atoms with Crippen LogP contribution in [-0.4, -0.2) is 4.98 Å². The second kappa shape index (κ2) is 5.57. The maximum atomic E-state index is 4.39. The Morgan fingerprint density at radius 2 is 1.88 bits per heavy atom. The summed E-state index contributed by atoms with van der Waals surface area (Å²) in [5.74, 6) is 0. The Balaban J connectivity index is 0.00000144. The van der Waals surface area contributed by atoms with Gasteiger partial charge in [0, 0.05) is 26.3 Å². The zero-order chi connectivity index (χ0) is 11.6. The molecule has 0 saturated heterocycles. The fourth-order valence-corrected chi connectivity index (χ4v) is 1.60. The van der Waals surface area contributed by atoms with Crippen molar-refractivity contribution in [2.45, 2.75) is 26.2 Å². The first kappa shape index (κ1) is 14.1. The third-order valence-electron chi connectivity index (χ3n) is 2.61. The first-order valence-electron chi connectivity index (χ1n) is 5.51. The molecule has 0 fully saturated rings. The van der Waals surface area contributed by atoms with Crippen molar-refractivity contribution in [2.24, 2.45) is 0 Å². The fourth-order valence-electron chi connectivity index (χ4n) is 1.60. The molecule has 0 spiro atoms. The summed E-state index contributed by atoms with van der Waals surface area (Å²) in [6, 6.07) is 15.4. The van der Waals surface area contributed by atoms with E-state index < -0.39 is 0 Å². The van der Waals surface area contributed by atoms with E-state index in [1.54, 1.807) is 0 Å². The van der Waals surface area contributed by atoms with Crippen molar-refractivity contribution in [3.05, 3.63) is 54.2 Å². The number of nitrogens with zero attached hydrogens (tertiary/aromatic N) is 1. The zero-order valence-electron chi connectivity index (χ0n) is 10.3. The van der Waals surface area contributed by atoms with Gasteiger partial charge in [-0.3, -0.25) is 0 Å². The monoisotopic (exact) mass is 403 g/mol. The summed E-state index contributed by atoms with van der Waals surface area (Å²) >= 11 is 0. The molecule has 0 aliphatic carbocycles. The van der Waals surface area contributed by atoms with Crippen molar-refractivity contribution in [3.8, 4) is 11.3 Å². The predicted octanol–water partition coefficient (Wildman–Crippen LogP) is 3.84. The predicted molar refractivity (Wildman–Crippen MR) is 67.2 cm³/mol. The SMILES string of the molecule is CC(C)(C)c1ccnc(-c2[c-]cccc2)c1.[Ir]. The molecule has 0 aliphatic rings. The van der Waals surface area contributed by atoms with E-state index in [9.17, 15) is 0 Å². The van der Waals surface area contributed by atoms with Gasteiger partial charge in [0.1, 0.15) is 0 Å². The third kappa shape index (κ3) is 3.49. The van der Waals surface area contributed by atoms with Crippen LogP contribution in [0.2, 0.25) is 0 Å². The van der Waals surface area contributed by atoms with Gasteiger partial charge >= 0.3 is 0 Å². The van der Waals surface area contributed by atoms with Gasteiger partial charge < -0.3 is 4.98 Å². The molecule has 2 aromatic rings. The van der Waals surface area contributed by atoms with Gasteiger partial charge in [-0.2, -0.15) is 0 Å². The van der Waals surface area contributed by atoms with Crippen LogP contribution in [-0.2, 0) is 25.5 Å². The third-order valence-corrected chi connectivity index (χ3v) is 2.61. The molecule has 0 saturated carbocycles. The summed E-state index contributed by atoms with van der Waals surface area (Å²) in [6.07, 6.45) is 1.87. The molecule has 0 bridgehead atoms. The number of hydrogen-bond acceptors (Lipinski definition) is 1. The molecule has 2 rings (SSSR count). The van der Waals surface area contributed by atoms with Crippen molar-refractivity contribution < 1.29 is 20.1 Å². The molecule has 0 unspecified atom stereocenters. The maximum Gasteiger partial charge on any atom is 0.0163 e. The van der Waals surface area contributed by atoms with Crippen LogP contribution in [0, 0.1) is 6.07 Å². The molecule has 1 radical (unpaired) electrons. The Bertz CT molecular complexity index is 472. The van der Waals surface area contributed by atoms with Gasteiger partial charge in [-0.05, 0) is 22.7 Å². The Morgan fingerprint density at radius 3 is 2.47 bits per heavy atom. The van der Waals surface area contributed by atoms with E-state index in [1.807, 2.05) is 30.5 Å². The summed E-state index contributed by atoms with van der Waals surface area (Å²) in [7, 11) is 0. The normalized spacial score (nSPS) is 10.8. The molecular weight excluding hydrogens is 386 g/mol. The summed E-state index contributed by atoms with van der Waals surface area (Å²) in [6.45, 7) is 6.63. The molecule has 0 amide bonds. The van der Waals surface area contributed by atoms with Crippen molar-refractivity contribution in [2.75, 3.05) is 0 Å². The molecule has 1 aromatic carbocycles. The number of hydrogen-bond donors (Lipinski definition) is 0. The number of aromatic nitrogens is 1. The van der Waals surface area contributed by atoms with Gasteiger partial charge in [-0.15, -0.1) is 35.9 Å². The van der Waals surface area contributed by atoms with Crippen LogP contribution in [0.1, 0.15) is 26.3 Å². The average Bonchev–Trinajstić information content (AvgIpc) is 2.29. The van der Waals surface area contributed by atoms with Gasteiger partial charge in [0.05, 0.1) is 0 Å². The van der Waals surface area contributed by atoms with E-state index in [-0.39, 0.29) is 25.5 Å². The zero-order valence-corrected chi connectivity index (χ0v) is 12.7. The molecule has 1 heterocycles. The van der Waals surface area contributed by atoms with E-state index in [4.69, 9.17) is 0 Å². The van der Waals surface area contributed by atoms with Crippen LogP contribution < -0.4 is 0 Å². The summed E-state index contributed by atoms with van der Waals surface area (Å²) < 4.78 is 0. The molecule has 91 valence electrons. The van der Waals surface area contributed by atoms with Crippen molar-refractivity contribution in [1.82, 2.24) is 4.98 Å². The van der Waals surface area contributed by atoms with E-state index >= 15 is 0 Å². The second-order valence-electron chi connectivity index (χ2n) is 4.96. The van der Waals surface area contributed by atoms with Gasteiger partial charge in [-0.25, -0.2) is 0 Å². The van der Waals surface area contributed by atoms with Crippen LogP contribution in [0.3, 0.4) is 0 Å². The molecule has 1 nitrogen and oxygen atoms in total. The minimum Gasteiger partial charge on any atom is -0.305 e. The van der Waals surface area contributed by atoms with E-state index in [2.05, 4.69) is 44.0 Å². The van der Waals surface area contributed by atoms with Crippen LogP contribution in [0.4, 0.5) is 0 Å². The van der Waals surface area contributed by atoms with Gasteiger partial charge in [0.2, 0.25) is 0 Å². The largest absolute Gasteiger partial charge is 0.305 e. The molecule has 2 heteroatoms. The number of rotatable bonds is 1. The maximum absolute atomic E-state index is 4.39. The molecular formula is C15H16IrN-. The summed E-state index contributed by atoms with van der Waals surface area (Å²) in [4.78, 5) is 4.39. The molecule has 1 aromatic heterocycles. The summed E-state index contributed by atoms with van der Waals surface area (Å²) in [5, 5.41) is 0. The van der Waals surface area contributed by atoms with E-state index in [1.165, 1.54) is 5.56 Å². The topological polar surface area (TPSA) is 12.9 Å². The Hall–Kier alpha value is -0.981. The first-order chi connectivity index (χ1) is 7.57. The average molecular weight is 403 g/mol. The Kier molecular flexibility index (Phi) is 4.61. The van der Waals surface area contributed by atoms with Crippen LogP contribution in [0.25, 0.3) is 11.3 Å². The molecule has 0 N–H and O–H groups in total. The van der Waals surface area contributed by atoms with Gasteiger partial charge in [-0.1, -0.05) is 26.8 Å². The van der Waals surface area contributed by atoms with E-state index in [0.29, 0.717) is 0 Å². The summed E-state index contributed by atoms with van der Waals surface area (Å²) in [5.41, 5.74) is 3.50. The van der Waals surface area contributed by atoms with Crippen molar-refractivity contribution >= 4 is 0 Å². The van der Waals surface area contributed by atoms with Crippen LogP contribution in [0.5, 0.6) is 0 Å². The standard InChI is InChI=1S/C15H16N.Ir/c1-15(2,3)13-9-10-16-14(11-13)12-7-5-4-6-8-12;/h4-7,9-11H,1-3H3;/q-1;. The number of benzene rings is 1. The minimum atomic E-state index is 0. The Labute approximate surface area is 117 Å². The van der Waals surface area contributed by atoms with Gasteiger partial charge in [0.25, 0.3) is 0 Å².